The fraction of sp³-hybridized carbons (Fsp3) is 0.323. The van der Waals surface area contributed by atoms with Crippen molar-refractivity contribution in [1.29, 1.82) is 0 Å². The lowest BCUT2D eigenvalue weighted by molar-refractivity contribution is -0.120. The van der Waals surface area contributed by atoms with Crippen LogP contribution in [0.1, 0.15) is 44.4 Å². The minimum atomic E-state index is -0.811. The van der Waals surface area contributed by atoms with Crippen molar-refractivity contribution in [3.8, 4) is 11.1 Å². The summed E-state index contributed by atoms with van der Waals surface area (Å²) in [5.74, 6) is 1.03. The van der Waals surface area contributed by atoms with Gasteiger partial charge in [-0.3, -0.25) is 14.7 Å². The number of benzene rings is 1. The standard InChI is InChI=1S/C31H34N6O4/c1-18-9-10-24-23(8-7-11-32-24)28(18)20-12-26(34-25-14-21-16-40-17-22(21)15-33-25)35-27(13-20)36-29(38)19(2)37(6)30(39)41-31(3,4)5/h7-15,19H,16-17H2,1-6H3,(H2,33,34,35,36,38). The molecule has 1 atom stereocenters. The molecule has 0 saturated heterocycles. The van der Waals surface area contributed by atoms with E-state index < -0.39 is 23.6 Å². The summed E-state index contributed by atoms with van der Waals surface area (Å²) in [6.07, 6.45) is 2.97. The Morgan fingerprint density at radius 1 is 1.02 bits per heavy atom. The zero-order valence-electron chi connectivity index (χ0n) is 24.1. The second-order valence-electron chi connectivity index (χ2n) is 11.2. The van der Waals surface area contributed by atoms with Gasteiger partial charge in [0.15, 0.2) is 0 Å². The van der Waals surface area contributed by atoms with Crippen LogP contribution in [-0.4, -0.2) is 50.5 Å². The number of aromatic nitrogens is 3. The number of hydrogen-bond acceptors (Lipinski definition) is 8. The van der Waals surface area contributed by atoms with Crippen LogP contribution >= 0.6 is 0 Å². The second kappa shape index (κ2) is 11.1. The quantitative estimate of drug-likeness (QED) is 0.299. The molecule has 41 heavy (non-hydrogen) atoms. The Bertz CT molecular complexity index is 1630. The van der Waals surface area contributed by atoms with Crippen LogP contribution in [0.25, 0.3) is 22.0 Å². The summed E-state index contributed by atoms with van der Waals surface area (Å²) in [6, 6.07) is 12.8. The number of carbonyl (C=O) groups excluding carboxylic acids is 2. The maximum atomic E-state index is 13.3. The maximum Gasteiger partial charge on any atom is 0.410 e. The van der Waals surface area contributed by atoms with Gasteiger partial charge in [-0.15, -0.1) is 0 Å². The fourth-order valence-corrected chi connectivity index (χ4v) is 4.61. The van der Waals surface area contributed by atoms with Crippen molar-refractivity contribution in [2.75, 3.05) is 17.7 Å². The highest BCUT2D eigenvalue weighted by molar-refractivity contribution is 5.99. The molecule has 3 aromatic heterocycles. The molecular formula is C31H34N6O4. The Morgan fingerprint density at radius 2 is 1.78 bits per heavy atom. The monoisotopic (exact) mass is 554 g/mol. The first-order chi connectivity index (χ1) is 19.5. The average Bonchev–Trinajstić information content (AvgIpc) is 3.39. The Labute approximate surface area is 239 Å². The van der Waals surface area contributed by atoms with E-state index in [1.807, 2.05) is 49.4 Å². The third kappa shape index (κ3) is 6.28. The number of likely N-dealkylation sites (N-methyl/N-ethyl adjacent to an activating group) is 1. The topological polar surface area (TPSA) is 119 Å². The van der Waals surface area contributed by atoms with E-state index in [9.17, 15) is 9.59 Å². The van der Waals surface area contributed by atoms with Crippen LogP contribution in [0.15, 0.2) is 54.9 Å². The lowest BCUT2D eigenvalue weighted by Gasteiger charge is -2.28. The van der Waals surface area contributed by atoms with E-state index >= 15 is 0 Å². The summed E-state index contributed by atoms with van der Waals surface area (Å²) in [5.41, 5.74) is 5.18. The highest BCUT2D eigenvalue weighted by Gasteiger charge is 2.27. The smallest absolute Gasteiger partial charge is 0.410 e. The molecule has 10 nitrogen and oxygen atoms in total. The van der Waals surface area contributed by atoms with Gasteiger partial charge in [0, 0.05) is 30.4 Å². The van der Waals surface area contributed by atoms with Crippen molar-refractivity contribution in [2.24, 2.45) is 0 Å². The van der Waals surface area contributed by atoms with E-state index in [2.05, 4.69) is 25.6 Å². The van der Waals surface area contributed by atoms with Crippen molar-refractivity contribution >= 4 is 40.4 Å². The largest absolute Gasteiger partial charge is 0.444 e. The molecule has 0 bridgehead atoms. The van der Waals surface area contributed by atoms with Crippen molar-refractivity contribution < 1.29 is 19.1 Å². The molecule has 1 aromatic carbocycles. The third-order valence-corrected chi connectivity index (χ3v) is 6.85. The number of aryl methyl sites for hydroxylation is 1. The lowest BCUT2D eigenvalue weighted by Crippen LogP contribution is -2.45. The summed E-state index contributed by atoms with van der Waals surface area (Å²) < 4.78 is 11.0. The summed E-state index contributed by atoms with van der Waals surface area (Å²) in [5, 5.41) is 7.16. The predicted octanol–water partition coefficient (Wildman–Crippen LogP) is 5.97. The molecule has 2 amide bonds. The molecule has 4 heterocycles. The zero-order chi connectivity index (χ0) is 29.3. The molecule has 1 aliphatic rings. The Balaban J connectivity index is 1.50. The molecule has 0 saturated carbocycles. The van der Waals surface area contributed by atoms with Gasteiger partial charge in [0.1, 0.15) is 29.1 Å². The van der Waals surface area contributed by atoms with Crippen LogP contribution in [0.2, 0.25) is 0 Å². The first-order valence-corrected chi connectivity index (χ1v) is 13.4. The van der Waals surface area contributed by atoms with Crippen molar-refractivity contribution in [3.63, 3.8) is 0 Å². The molecule has 0 aliphatic carbocycles. The van der Waals surface area contributed by atoms with Gasteiger partial charge in [-0.05, 0) is 87.2 Å². The molecule has 10 heteroatoms. The van der Waals surface area contributed by atoms with E-state index in [-0.39, 0.29) is 0 Å². The van der Waals surface area contributed by atoms with Gasteiger partial charge in [0.05, 0.1) is 18.7 Å². The van der Waals surface area contributed by atoms with Gasteiger partial charge < -0.3 is 20.1 Å². The molecular weight excluding hydrogens is 520 g/mol. The Kier molecular flexibility index (Phi) is 7.59. The van der Waals surface area contributed by atoms with Crippen molar-refractivity contribution in [2.45, 2.75) is 59.5 Å². The van der Waals surface area contributed by atoms with Gasteiger partial charge in [-0.2, -0.15) is 0 Å². The SMILES string of the molecule is Cc1ccc2ncccc2c1-c1cc(NC(=O)C(C)N(C)C(=O)OC(C)(C)C)nc(Nc2cc3c(cn2)COC3)c1. The second-order valence-corrected chi connectivity index (χ2v) is 11.2. The molecule has 212 valence electrons. The number of pyridine rings is 3. The number of rotatable bonds is 6. The van der Waals surface area contributed by atoms with E-state index in [1.54, 1.807) is 40.1 Å². The average molecular weight is 555 g/mol. The normalized spacial score (nSPS) is 13.4. The van der Waals surface area contributed by atoms with Gasteiger partial charge in [-0.1, -0.05) is 12.1 Å². The van der Waals surface area contributed by atoms with Gasteiger partial charge >= 0.3 is 6.09 Å². The zero-order valence-corrected chi connectivity index (χ0v) is 24.1. The van der Waals surface area contributed by atoms with Crippen LogP contribution < -0.4 is 10.6 Å². The third-order valence-electron chi connectivity index (χ3n) is 6.85. The fourth-order valence-electron chi connectivity index (χ4n) is 4.61. The van der Waals surface area contributed by atoms with Crippen LogP contribution in [0.4, 0.5) is 22.2 Å². The van der Waals surface area contributed by atoms with Crippen molar-refractivity contribution in [1.82, 2.24) is 19.9 Å². The summed E-state index contributed by atoms with van der Waals surface area (Å²) in [7, 11) is 1.53. The van der Waals surface area contributed by atoms with E-state index in [4.69, 9.17) is 9.47 Å². The highest BCUT2D eigenvalue weighted by Crippen LogP contribution is 2.34. The van der Waals surface area contributed by atoms with E-state index in [0.717, 1.165) is 38.7 Å². The van der Waals surface area contributed by atoms with Gasteiger partial charge in [0.25, 0.3) is 0 Å². The highest BCUT2D eigenvalue weighted by atomic mass is 16.6. The molecule has 0 fully saturated rings. The first kappa shape index (κ1) is 28.0. The van der Waals surface area contributed by atoms with Gasteiger partial charge in [0.2, 0.25) is 5.91 Å². The van der Waals surface area contributed by atoms with Crippen molar-refractivity contribution in [3.05, 3.63) is 71.5 Å². The number of anilines is 3. The molecule has 2 N–H and O–H groups in total. The summed E-state index contributed by atoms with van der Waals surface area (Å²) in [4.78, 5) is 40.8. The first-order valence-electron chi connectivity index (χ1n) is 13.4. The predicted molar refractivity (Wildman–Crippen MR) is 158 cm³/mol. The number of amides is 2. The maximum absolute atomic E-state index is 13.3. The van der Waals surface area contributed by atoms with E-state index in [0.29, 0.717) is 30.7 Å². The Morgan fingerprint density at radius 3 is 2.56 bits per heavy atom. The van der Waals surface area contributed by atoms with Gasteiger partial charge in [-0.25, -0.2) is 14.8 Å². The molecule has 5 rings (SSSR count). The molecule has 0 radical (unpaired) electrons. The number of nitrogens with zero attached hydrogens (tertiary/aromatic N) is 4. The molecule has 0 spiro atoms. The van der Waals surface area contributed by atoms with Crippen LogP contribution in [-0.2, 0) is 27.5 Å². The van der Waals surface area contributed by atoms with E-state index in [1.165, 1.54) is 11.9 Å². The van der Waals surface area contributed by atoms with Crippen LogP contribution in [0.3, 0.4) is 0 Å². The van der Waals surface area contributed by atoms with Crippen LogP contribution in [0.5, 0.6) is 0 Å². The summed E-state index contributed by atoms with van der Waals surface area (Å²) in [6.45, 7) is 10.1. The Hall–Kier alpha value is -4.57. The minimum Gasteiger partial charge on any atom is -0.444 e. The minimum absolute atomic E-state index is 0.323. The number of ether oxygens (including phenoxy) is 2. The van der Waals surface area contributed by atoms with Crippen LogP contribution in [0, 0.1) is 6.92 Å². The number of hydrogen-bond donors (Lipinski definition) is 2. The summed E-state index contributed by atoms with van der Waals surface area (Å²) >= 11 is 0. The number of carbonyl (C=O) groups is 2. The molecule has 1 unspecified atom stereocenters. The number of fused-ring (bicyclic) bond motifs is 2. The lowest BCUT2D eigenvalue weighted by atomic mass is 9.96. The molecule has 4 aromatic rings. The molecule has 1 aliphatic heterocycles. The number of nitrogens with one attached hydrogen (secondary N) is 2.